The minimum Gasteiger partial charge on any atom is -0.506 e. The van der Waals surface area contributed by atoms with E-state index < -0.39 is 27.9 Å². The quantitative estimate of drug-likeness (QED) is 0.584. The van der Waals surface area contributed by atoms with Crippen LogP contribution >= 0.6 is 11.6 Å². The van der Waals surface area contributed by atoms with Crippen molar-refractivity contribution in [3.63, 3.8) is 0 Å². The summed E-state index contributed by atoms with van der Waals surface area (Å²) >= 11 is 5.99. The van der Waals surface area contributed by atoms with E-state index in [0.29, 0.717) is 13.1 Å². The Morgan fingerprint density at radius 1 is 1.13 bits per heavy atom. The van der Waals surface area contributed by atoms with E-state index in [1.807, 2.05) is 0 Å². The van der Waals surface area contributed by atoms with Crippen LogP contribution in [0.15, 0.2) is 47.4 Å². The number of phenolic OH excluding ortho intramolecular Hbond substituents is 1. The monoisotopic (exact) mass is 451 g/mol. The van der Waals surface area contributed by atoms with Crippen molar-refractivity contribution in [2.24, 2.45) is 0 Å². The van der Waals surface area contributed by atoms with Crippen LogP contribution in [0.5, 0.6) is 5.75 Å². The van der Waals surface area contributed by atoms with E-state index in [9.17, 15) is 23.1 Å². The lowest BCUT2D eigenvalue weighted by Gasteiger charge is -2.18. The molecule has 1 aliphatic rings. The van der Waals surface area contributed by atoms with E-state index in [4.69, 9.17) is 11.6 Å². The summed E-state index contributed by atoms with van der Waals surface area (Å²) in [5.74, 6) is -1.44. The van der Waals surface area contributed by atoms with Gasteiger partial charge in [-0.1, -0.05) is 23.7 Å². The lowest BCUT2D eigenvalue weighted by atomic mass is 10.2. The molecule has 30 heavy (non-hydrogen) atoms. The van der Waals surface area contributed by atoms with Crippen molar-refractivity contribution >= 4 is 39.1 Å². The Hall–Kier alpha value is -2.62. The molecule has 2 aromatic rings. The number of rotatable bonds is 6. The predicted octanol–water partition coefficient (Wildman–Crippen LogP) is 2.59. The van der Waals surface area contributed by atoms with Crippen molar-refractivity contribution in [3.05, 3.63) is 53.1 Å². The van der Waals surface area contributed by atoms with Gasteiger partial charge in [0.05, 0.1) is 21.2 Å². The Morgan fingerprint density at radius 2 is 1.80 bits per heavy atom. The molecule has 1 heterocycles. The van der Waals surface area contributed by atoms with Crippen molar-refractivity contribution in [3.8, 4) is 5.75 Å². The van der Waals surface area contributed by atoms with Crippen molar-refractivity contribution in [2.75, 3.05) is 18.4 Å². The summed E-state index contributed by atoms with van der Waals surface area (Å²) in [4.78, 5) is 24.8. The van der Waals surface area contributed by atoms with Crippen molar-refractivity contribution in [1.29, 1.82) is 0 Å². The van der Waals surface area contributed by atoms with Crippen LogP contribution in [-0.4, -0.2) is 48.8 Å². The van der Waals surface area contributed by atoms with E-state index in [1.165, 1.54) is 35.5 Å². The molecule has 0 saturated carbocycles. The molecule has 2 aromatic carbocycles. The van der Waals surface area contributed by atoms with Gasteiger partial charge < -0.3 is 15.7 Å². The Morgan fingerprint density at radius 3 is 2.47 bits per heavy atom. The molecular weight excluding hydrogens is 430 g/mol. The molecule has 0 radical (unpaired) electrons. The van der Waals surface area contributed by atoms with Gasteiger partial charge in [0.1, 0.15) is 11.8 Å². The number of anilines is 1. The van der Waals surface area contributed by atoms with Gasteiger partial charge in [-0.2, -0.15) is 4.31 Å². The van der Waals surface area contributed by atoms with Crippen LogP contribution in [0, 0.1) is 0 Å². The molecule has 1 fully saturated rings. The number of sulfonamides is 1. The highest BCUT2D eigenvalue weighted by molar-refractivity contribution is 7.89. The van der Waals surface area contributed by atoms with Gasteiger partial charge in [-0.15, -0.1) is 0 Å². The van der Waals surface area contributed by atoms with Crippen LogP contribution in [0.3, 0.4) is 0 Å². The van der Waals surface area contributed by atoms with Crippen LogP contribution in [-0.2, 0) is 14.8 Å². The van der Waals surface area contributed by atoms with Crippen LogP contribution in [0.2, 0.25) is 5.02 Å². The normalized spacial score (nSPS) is 15.5. The third kappa shape index (κ3) is 4.75. The zero-order valence-electron chi connectivity index (χ0n) is 16.3. The van der Waals surface area contributed by atoms with Crippen LogP contribution in [0.25, 0.3) is 0 Å². The molecule has 1 aliphatic heterocycles. The third-order valence-corrected chi connectivity index (χ3v) is 7.01. The maximum absolute atomic E-state index is 12.7. The van der Waals surface area contributed by atoms with E-state index in [-0.39, 0.29) is 26.9 Å². The molecule has 0 aromatic heterocycles. The fraction of sp³-hybridized carbons (Fsp3) is 0.300. The summed E-state index contributed by atoms with van der Waals surface area (Å²) in [6.45, 7) is 2.35. The third-order valence-electron chi connectivity index (χ3n) is 4.79. The highest BCUT2D eigenvalue weighted by atomic mass is 35.5. The standard InChI is InChI=1S/C20H22ClN3O5S/c1-13(22-20(27)15-6-2-3-7-16(15)21)19(26)23-17-12-14(8-9-18(17)25)30(28,29)24-10-4-5-11-24/h2-3,6-9,12-13,25H,4-5,10-11H2,1H3,(H,22,27)(H,23,26)/t13-/m0/s1. The summed E-state index contributed by atoms with van der Waals surface area (Å²) in [6.07, 6.45) is 1.59. The number of hydrogen-bond acceptors (Lipinski definition) is 5. The van der Waals surface area contributed by atoms with Crippen molar-refractivity contribution in [1.82, 2.24) is 9.62 Å². The maximum Gasteiger partial charge on any atom is 0.253 e. The molecule has 0 spiro atoms. The maximum atomic E-state index is 12.7. The van der Waals surface area contributed by atoms with Gasteiger partial charge >= 0.3 is 0 Å². The predicted molar refractivity (Wildman–Crippen MR) is 113 cm³/mol. The Balaban J connectivity index is 1.73. The number of nitrogens with zero attached hydrogens (tertiary/aromatic N) is 1. The molecule has 10 heteroatoms. The number of amides is 2. The molecule has 3 rings (SSSR count). The zero-order chi connectivity index (χ0) is 21.9. The Labute approximate surface area is 179 Å². The first-order valence-electron chi connectivity index (χ1n) is 9.39. The number of phenols is 1. The SMILES string of the molecule is C[C@H](NC(=O)c1ccccc1Cl)C(=O)Nc1cc(S(=O)(=O)N2CCCC2)ccc1O. The lowest BCUT2D eigenvalue weighted by molar-refractivity contribution is -0.117. The second-order valence-electron chi connectivity index (χ2n) is 6.95. The average Bonchev–Trinajstić information content (AvgIpc) is 3.25. The van der Waals surface area contributed by atoms with Gasteiger partial charge in [0.2, 0.25) is 15.9 Å². The van der Waals surface area contributed by atoms with Gasteiger partial charge in [-0.05, 0) is 50.1 Å². The van der Waals surface area contributed by atoms with Gasteiger partial charge in [0, 0.05) is 13.1 Å². The summed E-state index contributed by atoms with van der Waals surface area (Å²) < 4.78 is 26.8. The molecule has 1 saturated heterocycles. The number of halogens is 1. The van der Waals surface area contributed by atoms with E-state index in [2.05, 4.69) is 10.6 Å². The number of benzene rings is 2. The summed E-state index contributed by atoms with van der Waals surface area (Å²) in [6, 6.07) is 9.17. The van der Waals surface area contributed by atoms with Crippen LogP contribution in [0.4, 0.5) is 5.69 Å². The highest BCUT2D eigenvalue weighted by Gasteiger charge is 2.28. The smallest absolute Gasteiger partial charge is 0.253 e. The fourth-order valence-electron chi connectivity index (χ4n) is 3.08. The number of nitrogens with one attached hydrogen (secondary N) is 2. The summed E-state index contributed by atoms with van der Waals surface area (Å²) in [7, 11) is -3.71. The fourth-order valence-corrected chi connectivity index (χ4v) is 4.84. The molecule has 2 amide bonds. The number of hydrogen-bond donors (Lipinski definition) is 3. The zero-order valence-corrected chi connectivity index (χ0v) is 17.8. The average molecular weight is 452 g/mol. The number of carbonyl (C=O) groups excluding carboxylic acids is 2. The second kappa shape index (κ2) is 9.03. The molecular formula is C20H22ClN3O5S. The van der Waals surface area contributed by atoms with Crippen LogP contribution < -0.4 is 10.6 Å². The first kappa shape index (κ1) is 22.1. The molecule has 1 atom stereocenters. The van der Waals surface area contributed by atoms with Gasteiger partial charge in [-0.25, -0.2) is 8.42 Å². The van der Waals surface area contributed by atoms with E-state index >= 15 is 0 Å². The second-order valence-corrected chi connectivity index (χ2v) is 9.30. The van der Waals surface area contributed by atoms with E-state index in [1.54, 1.807) is 18.2 Å². The Kier molecular flexibility index (Phi) is 6.64. The van der Waals surface area contributed by atoms with Crippen molar-refractivity contribution < 1.29 is 23.1 Å². The summed E-state index contributed by atoms with van der Waals surface area (Å²) in [5.41, 5.74) is 0.166. The molecule has 3 N–H and O–H groups in total. The largest absolute Gasteiger partial charge is 0.506 e. The molecule has 0 aliphatic carbocycles. The van der Waals surface area contributed by atoms with Crippen molar-refractivity contribution in [2.45, 2.75) is 30.7 Å². The molecule has 0 unspecified atom stereocenters. The van der Waals surface area contributed by atoms with Gasteiger partial charge in [-0.3, -0.25) is 9.59 Å². The minimum absolute atomic E-state index is 0.0229. The minimum atomic E-state index is -3.71. The molecule has 160 valence electrons. The molecule has 0 bridgehead atoms. The van der Waals surface area contributed by atoms with Gasteiger partial charge in [0.15, 0.2) is 0 Å². The Bertz CT molecular complexity index is 1070. The first-order chi connectivity index (χ1) is 14.2. The topological polar surface area (TPSA) is 116 Å². The summed E-state index contributed by atoms with van der Waals surface area (Å²) in [5, 5.41) is 15.3. The first-order valence-corrected chi connectivity index (χ1v) is 11.2. The highest BCUT2D eigenvalue weighted by Crippen LogP contribution is 2.29. The van der Waals surface area contributed by atoms with Gasteiger partial charge in [0.25, 0.3) is 5.91 Å². The number of carbonyl (C=O) groups is 2. The molecule has 8 nitrogen and oxygen atoms in total. The number of aromatic hydroxyl groups is 1. The van der Waals surface area contributed by atoms with E-state index in [0.717, 1.165) is 12.8 Å². The lowest BCUT2D eigenvalue weighted by Crippen LogP contribution is -2.41. The van der Waals surface area contributed by atoms with Crippen LogP contribution in [0.1, 0.15) is 30.1 Å².